The maximum absolute atomic E-state index is 11.3. The van der Waals surface area contributed by atoms with Crippen LogP contribution in [0.2, 0.25) is 0 Å². The van der Waals surface area contributed by atoms with Gasteiger partial charge < -0.3 is 10.0 Å². The summed E-state index contributed by atoms with van der Waals surface area (Å²) in [6.07, 6.45) is 13.1. The third-order valence-electron chi connectivity index (χ3n) is 7.04. The van der Waals surface area contributed by atoms with E-state index in [1.165, 1.54) is 17.0 Å². The van der Waals surface area contributed by atoms with Crippen molar-refractivity contribution in [1.29, 1.82) is 0 Å². The number of imidazole rings is 1. The molecule has 0 aromatic carbocycles. The zero-order valence-corrected chi connectivity index (χ0v) is 16.5. The number of fused-ring (bicyclic) bond motifs is 3. The third-order valence-corrected chi connectivity index (χ3v) is 7.04. The fourth-order valence-corrected chi connectivity index (χ4v) is 5.29. The molecular weight excluding hydrogens is 352 g/mol. The number of carboxylic acid groups (broad SMARTS) is 1. The van der Waals surface area contributed by atoms with Gasteiger partial charge in [0.05, 0.1) is 29.2 Å². The van der Waals surface area contributed by atoms with Gasteiger partial charge in [0.1, 0.15) is 0 Å². The largest absolute Gasteiger partial charge is 0.481 e. The van der Waals surface area contributed by atoms with Crippen molar-refractivity contribution in [3.05, 3.63) is 35.6 Å². The molecule has 2 aromatic rings. The van der Waals surface area contributed by atoms with Crippen LogP contribution in [-0.2, 0) is 11.2 Å². The van der Waals surface area contributed by atoms with Gasteiger partial charge in [0.25, 0.3) is 0 Å². The fourth-order valence-electron chi connectivity index (χ4n) is 5.29. The maximum atomic E-state index is 11.3. The van der Waals surface area contributed by atoms with Crippen molar-refractivity contribution < 1.29 is 9.90 Å². The van der Waals surface area contributed by atoms with Gasteiger partial charge in [0.15, 0.2) is 5.65 Å². The molecule has 1 aliphatic heterocycles. The first-order valence-corrected chi connectivity index (χ1v) is 10.6. The molecule has 0 amide bonds. The molecule has 1 N–H and O–H groups in total. The molecule has 6 nitrogen and oxygen atoms in total. The molecule has 1 saturated carbocycles. The van der Waals surface area contributed by atoms with E-state index in [0.29, 0.717) is 11.8 Å². The molecule has 0 spiro atoms. The van der Waals surface area contributed by atoms with E-state index in [1.807, 2.05) is 6.20 Å². The highest BCUT2D eigenvalue weighted by Crippen LogP contribution is 2.41. The molecule has 0 bridgehead atoms. The van der Waals surface area contributed by atoms with Crippen LogP contribution in [0.3, 0.4) is 0 Å². The number of likely N-dealkylation sites (tertiary alicyclic amines) is 1. The number of piperidine rings is 1. The minimum absolute atomic E-state index is 0.170. The Kier molecular flexibility index (Phi) is 4.46. The molecule has 2 aliphatic carbocycles. The van der Waals surface area contributed by atoms with Gasteiger partial charge in [0, 0.05) is 18.5 Å². The van der Waals surface area contributed by atoms with Crippen LogP contribution in [0, 0.1) is 11.8 Å². The van der Waals surface area contributed by atoms with Crippen molar-refractivity contribution in [3.8, 4) is 0 Å². The first-order valence-electron chi connectivity index (χ1n) is 10.6. The Labute approximate surface area is 165 Å². The van der Waals surface area contributed by atoms with E-state index in [4.69, 9.17) is 9.97 Å². The van der Waals surface area contributed by atoms with Gasteiger partial charge in [-0.2, -0.15) is 0 Å². The Balaban J connectivity index is 1.43. The highest BCUT2D eigenvalue weighted by atomic mass is 16.4. The number of aliphatic carboxylic acids is 1. The molecular formula is C22H28N4O2. The minimum Gasteiger partial charge on any atom is -0.481 e. The Morgan fingerprint density at radius 2 is 1.86 bits per heavy atom. The average Bonchev–Trinajstić information content (AvgIpc) is 3.32. The van der Waals surface area contributed by atoms with Gasteiger partial charge in [-0.15, -0.1) is 0 Å². The highest BCUT2D eigenvalue weighted by molar-refractivity contribution is 5.74. The first kappa shape index (κ1) is 17.9. The minimum atomic E-state index is -0.638. The summed E-state index contributed by atoms with van der Waals surface area (Å²) in [7, 11) is 2.19. The summed E-state index contributed by atoms with van der Waals surface area (Å²) in [5.41, 5.74) is 5.87. The average molecular weight is 380 g/mol. The van der Waals surface area contributed by atoms with Crippen LogP contribution in [-0.4, -0.2) is 50.5 Å². The summed E-state index contributed by atoms with van der Waals surface area (Å²) in [5.74, 6) is 0.168. The van der Waals surface area contributed by atoms with Gasteiger partial charge >= 0.3 is 5.97 Å². The smallest absolute Gasteiger partial charge is 0.306 e. The van der Waals surface area contributed by atoms with Crippen molar-refractivity contribution in [2.75, 3.05) is 20.1 Å². The van der Waals surface area contributed by atoms with Crippen LogP contribution in [0.5, 0.6) is 0 Å². The number of rotatable bonds is 3. The Bertz CT molecular complexity index is 931. The van der Waals surface area contributed by atoms with E-state index < -0.39 is 5.97 Å². The summed E-state index contributed by atoms with van der Waals surface area (Å²) < 4.78 is 2.26. The van der Waals surface area contributed by atoms with Crippen molar-refractivity contribution >= 4 is 17.2 Å². The second kappa shape index (κ2) is 6.99. The molecule has 3 heterocycles. The molecule has 28 heavy (non-hydrogen) atoms. The number of aromatic nitrogens is 3. The number of nitrogens with zero attached hydrogens (tertiary/aromatic N) is 4. The molecule has 2 fully saturated rings. The summed E-state index contributed by atoms with van der Waals surface area (Å²) >= 11 is 0. The maximum Gasteiger partial charge on any atom is 0.306 e. The van der Waals surface area contributed by atoms with Gasteiger partial charge in [-0.05, 0) is 70.2 Å². The topological polar surface area (TPSA) is 70.7 Å². The van der Waals surface area contributed by atoms with E-state index in [-0.39, 0.29) is 5.92 Å². The van der Waals surface area contributed by atoms with Crippen molar-refractivity contribution in [1.82, 2.24) is 19.3 Å². The first-order chi connectivity index (χ1) is 13.6. The van der Waals surface area contributed by atoms with E-state index in [2.05, 4.69) is 28.6 Å². The number of hydrogen-bond acceptors (Lipinski definition) is 4. The monoisotopic (exact) mass is 380 g/mol. The predicted octanol–water partition coefficient (Wildman–Crippen LogP) is 3.37. The summed E-state index contributed by atoms with van der Waals surface area (Å²) in [5, 5.41) is 9.29. The van der Waals surface area contributed by atoms with Crippen LogP contribution < -0.4 is 0 Å². The van der Waals surface area contributed by atoms with Crippen molar-refractivity contribution in [3.63, 3.8) is 0 Å². The van der Waals surface area contributed by atoms with Crippen LogP contribution in [0.25, 0.3) is 11.2 Å². The van der Waals surface area contributed by atoms with Crippen LogP contribution in [0.4, 0.5) is 0 Å². The van der Waals surface area contributed by atoms with Gasteiger partial charge in [-0.1, -0.05) is 6.08 Å². The standard InChI is InChI=1S/C22H28N4O2/c1-25-10-8-15(9-11-25)19-13-26-20(24-19)12-23-18-7-6-17(21(18)26)14-2-4-16(5-3-14)22(27)28/h6,12-16H,2-5,7-11H2,1H3,(H,27,28). The SMILES string of the molecule is CN1CCC(c2cn3c4c(ncc3n2)CC=C4C2CCC(C(=O)O)CC2)CC1. The van der Waals surface area contributed by atoms with Gasteiger partial charge in [0.2, 0.25) is 0 Å². The fraction of sp³-hybridized carbons (Fsp3) is 0.591. The Hall–Kier alpha value is -2.21. The molecule has 2 aromatic heterocycles. The van der Waals surface area contributed by atoms with Gasteiger partial charge in [-0.25, -0.2) is 4.98 Å². The summed E-state index contributed by atoms with van der Waals surface area (Å²) in [6, 6.07) is 0. The second-order valence-electron chi connectivity index (χ2n) is 8.78. The number of hydrogen-bond donors (Lipinski definition) is 1. The second-order valence-corrected chi connectivity index (χ2v) is 8.78. The van der Waals surface area contributed by atoms with Crippen LogP contribution in [0.1, 0.15) is 61.5 Å². The van der Waals surface area contributed by atoms with E-state index in [1.54, 1.807) is 0 Å². The quantitative estimate of drug-likeness (QED) is 0.884. The highest BCUT2D eigenvalue weighted by Gasteiger charge is 2.32. The lowest BCUT2D eigenvalue weighted by molar-refractivity contribution is -0.142. The molecule has 148 valence electrons. The third kappa shape index (κ3) is 3.04. The molecule has 0 radical (unpaired) electrons. The number of allylic oxidation sites excluding steroid dienone is 2. The normalized spacial score (nSPS) is 26.4. The summed E-state index contributed by atoms with van der Waals surface area (Å²) in [6.45, 7) is 2.26. The van der Waals surface area contributed by atoms with Gasteiger partial charge in [-0.3, -0.25) is 14.2 Å². The molecule has 0 unspecified atom stereocenters. The van der Waals surface area contributed by atoms with Crippen LogP contribution in [0.15, 0.2) is 18.5 Å². The zero-order chi connectivity index (χ0) is 19.3. The zero-order valence-electron chi connectivity index (χ0n) is 16.5. The number of carboxylic acids is 1. The van der Waals surface area contributed by atoms with E-state index in [9.17, 15) is 9.90 Å². The molecule has 5 rings (SSSR count). The molecule has 3 aliphatic rings. The van der Waals surface area contributed by atoms with E-state index >= 15 is 0 Å². The van der Waals surface area contributed by atoms with Crippen molar-refractivity contribution in [2.45, 2.75) is 50.9 Å². The number of carbonyl (C=O) groups is 1. The molecule has 1 saturated heterocycles. The molecule has 6 heteroatoms. The lowest BCUT2D eigenvalue weighted by Crippen LogP contribution is -2.29. The lowest BCUT2D eigenvalue weighted by Gasteiger charge is -2.28. The predicted molar refractivity (Wildman–Crippen MR) is 107 cm³/mol. The summed E-state index contributed by atoms with van der Waals surface area (Å²) in [4.78, 5) is 23.3. The Morgan fingerprint density at radius 1 is 1.11 bits per heavy atom. The van der Waals surface area contributed by atoms with Crippen molar-refractivity contribution in [2.24, 2.45) is 11.8 Å². The Morgan fingerprint density at radius 3 is 2.57 bits per heavy atom. The molecule has 0 atom stereocenters. The van der Waals surface area contributed by atoms with E-state index in [0.717, 1.165) is 69.4 Å². The lowest BCUT2D eigenvalue weighted by atomic mass is 9.78. The van der Waals surface area contributed by atoms with Crippen LogP contribution >= 0.6 is 0 Å².